The molecule has 1 saturated carbocycles. The Morgan fingerprint density at radius 3 is 2.48 bits per heavy atom. The quantitative estimate of drug-likeness (QED) is 0.427. The molecule has 1 saturated heterocycles. The molecule has 1 N–H and O–H groups in total. The van der Waals surface area contributed by atoms with E-state index >= 15 is 0 Å². The lowest BCUT2D eigenvalue weighted by atomic mass is 9.94. The minimum Gasteiger partial charge on any atom is -0.409 e. The third-order valence-electron chi connectivity index (χ3n) is 7.73. The molecule has 9 nitrogen and oxygen atoms in total. The molecule has 212 valence electrons. The molecule has 1 aromatic heterocycles. The van der Waals surface area contributed by atoms with Crippen molar-refractivity contribution in [3.63, 3.8) is 0 Å². The van der Waals surface area contributed by atoms with Gasteiger partial charge in [0.05, 0.1) is 16.5 Å². The van der Waals surface area contributed by atoms with Crippen LogP contribution in [-0.2, 0) is 4.79 Å². The highest BCUT2D eigenvalue weighted by Gasteiger charge is 2.29. The molecule has 3 aromatic rings. The predicted octanol–water partition coefficient (Wildman–Crippen LogP) is 5.19. The number of carbonyl (C=O) groups is 2. The third-order valence-corrected chi connectivity index (χ3v) is 8.20. The van der Waals surface area contributed by atoms with Crippen LogP contribution in [0.15, 0.2) is 41.2 Å². The summed E-state index contributed by atoms with van der Waals surface area (Å²) in [6.07, 6.45) is 4.63. The Morgan fingerprint density at radius 1 is 1.02 bits per heavy atom. The van der Waals surface area contributed by atoms with Crippen molar-refractivity contribution in [1.82, 2.24) is 24.7 Å². The van der Waals surface area contributed by atoms with Crippen molar-refractivity contribution in [2.24, 2.45) is 0 Å². The molecule has 2 amide bonds. The molecule has 40 heavy (non-hydrogen) atoms. The largest absolute Gasteiger partial charge is 0.415 e. The highest BCUT2D eigenvalue weighted by Crippen LogP contribution is 2.32. The molecule has 5 rings (SSSR count). The van der Waals surface area contributed by atoms with Crippen LogP contribution in [0.25, 0.3) is 22.3 Å². The number of halogens is 2. The van der Waals surface area contributed by atoms with Gasteiger partial charge in [-0.15, -0.1) is 0 Å². The number of aromatic amines is 1. The van der Waals surface area contributed by atoms with E-state index in [-0.39, 0.29) is 42.0 Å². The number of nitrogens with one attached hydrogen (secondary N) is 1. The first-order valence-corrected chi connectivity index (χ1v) is 14.5. The molecule has 11 heteroatoms. The maximum absolute atomic E-state index is 13.7. The molecule has 2 aromatic carbocycles. The van der Waals surface area contributed by atoms with E-state index in [0.717, 1.165) is 45.2 Å². The molecule has 1 aliphatic carbocycles. The Balaban J connectivity index is 1.39. The maximum Gasteiger partial charge on any atom is 0.415 e. The summed E-state index contributed by atoms with van der Waals surface area (Å²) in [5.41, 5.74) is 0.463. The van der Waals surface area contributed by atoms with E-state index in [1.807, 2.05) is 11.9 Å². The minimum atomic E-state index is -0.531. The van der Waals surface area contributed by atoms with E-state index in [4.69, 9.17) is 27.9 Å². The van der Waals surface area contributed by atoms with Crippen molar-refractivity contribution in [2.75, 3.05) is 39.8 Å². The Bertz CT molecular complexity index is 1450. The first kappa shape index (κ1) is 28.4. The predicted molar refractivity (Wildman–Crippen MR) is 156 cm³/mol. The van der Waals surface area contributed by atoms with Crippen LogP contribution < -0.4 is 10.3 Å². The van der Waals surface area contributed by atoms with Gasteiger partial charge in [-0.1, -0.05) is 42.5 Å². The number of benzene rings is 2. The van der Waals surface area contributed by atoms with Gasteiger partial charge < -0.3 is 24.4 Å². The van der Waals surface area contributed by atoms with Gasteiger partial charge in [-0.2, -0.15) is 0 Å². The van der Waals surface area contributed by atoms with E-state index in [1.54, 1.807) is 41.3 Å². The van der Waals surface area contributed by atoms with Crippen LogP contribution in [-0.4, -0.2) is 82.5 Å². The van der Waals surface area contributed by atoms with Crippen molar-refractivity contribution in [2.45, 2.75) is 44.6 Å². The maximum atomic E-state index is 13.7. The Morgan fingerprint density at radius 2 is 1.73 bits per heavy atom. The van der Waals surface area contributed by atoms with Gasteiger partial charge in [-0.05, 0) is 56.3 Å². The summed E-state index contributed by atoms with van der Waals surface area (Å²) in [6, 6.07) is 9.69. The number of hydrogen-bond donors (Lipinski definition) is 1. The van der Waals surface area contributed by atoms with E-state index in [0.29, 0.717) is 39.6 Å². The Hall–Kier alpha value is -3.14. The van der Waals surface area contributed by atoms with Crippen LogP contribution in [0.5, 0.6) is 5.75 Å². The SMILES string of the molecule is CN1CCN(C(=O)CCN(C(=O)Oc2ccc(Cl)cc2-c2nc3ccc(Cl)cc3c(=O)[nH]2)C2CCCCC2)CC1. The first-order chi connectivity index (χ1) is 19.3. The number of carbonyl (C=O) groups excluding carboxylic acids is 2. The lowest BCUT2D eigenvalue weighted by Gasteiger charge is -2.35. The molecule has 0 atom stereocenters. The number of amides is 2. The van der Waals surface area contributed by atoms with Gasteiger partial charge in [-0.3, -0.25) is 9.59 Å². The van der Waals surface area contributed by atoms with Crippen LogP contribution in [0.2, 0.25) is 10.0 Å². The van der Waals surface area contributed by atoms with Crippen molar-refractivity contribution in [1.29, 1.82) is 0 Å². The fourth-order valence-corrected chi connectivity index (χ4v) is 5.76. The summed E-state index contributed by atoms with van der Waals surface area (Å²) < 4.78 is 5.95. The number of rotatable bonds is 6. The zero-order valence-electron chi connectivity index (χ0n) is 22.5. The van der Waals surface area contributed by atoms with Gasteiger partial charge in [0.2, 0.25) is 5.91 Å². The van der Waals surface area contributed by atoms with E-state index < -0.39 is 6.09 Å². The second kappa shape index (κ2) is 12.6. The molecule has 0 spiro atoms. The lowest BCUT2D eigenvalue weighted by molar-refractivity contribution is -0.133. The number of H-pyrrole nitrogens is 1. The van der Waals surface area contributed by atoms with E-state index in [1.165, 1.54) is 0 Å². The van der Waals surface area contributed by atoms with Crippen LogP contribution in [0, 0.1) is 0 Å². The monoisotopic (exact) mass is 585 g/mol. The topological polar surface area (TPSA) is 98.8 Å². The standard InChI is InChI=1S/C29H33Cl2N5O4/c1-34-13-15-35(16-14-34)26(37)11-12-36(21-5-3-2-4-6-21)29(39)40-25-10-8-20(31)18-23(25)27-32-24-9-7-19(30)17-22(24)28(38)33-27/h7-10,17-18,21H,2-6,11-16H2,1H3,(H,32,33,38). The number of aromatic nitrogens is 2. The molecule has 0 radical (unpaired) electrons. The van der Waals surface area contributed by atoms with Crippen molar-refractivity contribution in [3.05, 3.63) is 56.8 Å². The van der Waals surface area contributed by atoms with Gasteiger partial charge in [0, 0.05) is 55.2 Å². The molecular weight excluding hydrogens is 553 g/mol. The molecule has 1 aliphatic heterocycles. The number of fused-ring (bicyclic) bond motifs is 1. The molecule has 2 heterocycles. The highest BCUT2D eigenvalue weighted by molar-refractivity contribution is 6.31. The average Bonchev–Trinajstić information content (AvgIpc) is 2.95. The second-order valence-electron chi connectivity index (χ2n) is 10.5. The minimum absolute atomic E-state index is 0.000591. The normalized spacial score (nSPS) is 16.7. The van der Waals surface area contributed by atoms with Crippen LogP contribution >= 0.6 is 23.2 Å². The molecule has 2 fully saturated rings. The summed E-state index contributed by atoms with van der Waals surface area (Å²) in [5, 5.41) is 1.18. The smallest absolute Gasteiger partial charge is 0.409 e. The van der Waals surface area contributed by atoms with Crippen molar-refractivity contribution >= 4 is 46.1 Å². The van der Waals surface area contributed by atoms with Gasteiger partial charge >= 0.3 is 6.09 Å². The zero-order chi connectivity index (χ0) is 28.2. The van der Waals surface area contributed by atoms with Gasteiger partial charge in [0.15, 0.2) is 0 Å². The average molecular weight is 587 g/mol. The first-order valence-electron chi connectivity index (χ1n) is 13.7. The number of piperazine rings is 1. The summed E-state index contributed by atoms with van der Waals surface area (Å²) in [4.78, 5) is 52.6. The molecule has 2 aliphatic rings. The van der Waals surface area contributed by atoms with Gasteiger partial charge in [-0.25, -0.2) is 9.78 Å². The molecule has 0 unspecified atom stereocenters. The van der Waals surface area contributed by atoms with Crippen LogP contribution in [0.3, 0.4) is 0 Å². The lowest BCUT2D eigenvalue weighted by Crippen LogP contribution is -2.49. The van der Waals surface area contributed by atoms with Crippen LogP contribution in [0.1, 0.15) is 38.5 Å². The van der Waals surface area contributed by atoms with Crippen LogP contribution in [0.4, 0.5) is 4.79 Å². The van der Waals surface area contributed by atoms with Gasteiger partial charge in [0.1, 0.15) is 11.6 Å². The highest BCUT2D eigenvalue weighted by atomic mass is 35.5. The second-order valence-corrected chi connectivity index (χ2v) is 11.4. The van der Waals surface area contributed by atoms with Crippen molar-refractivity contribution in [3.8, 4) is 17.1 Å². The molecular formula is C29H33Cl2N5O4. The molecule has 0 bridgehead atoms. The Labute approximate surface area is 243 Å². The number of likely N-dealkylation sites (N-methyl/N-ethyl adjacent to an activating group) is 1. The van der Waals surface area contributed by atoms with E-state index in [9.17, 15) is 14.4 Å². The zero-order valence-corrected chi connectivity index (χ0v) is 24.0. The number of hydrogen-bond acceptors (Lipinski definition) is 6. The van der Waals surface area contributed by atoms with E-state index in [2.05, 4.69) is 14.9 Å². The fourth-order valence-electron chi connectivity index (χ4n) is 5.41. The Kier molecular flexibility index (Phi) is 8.93. The third kappa shape index (κ3) is 6.59. The summed E-state index contributed by atoms with van der Waals surface area (Å²) in [5.74, 6) is 0.489. The van der Waals surface area contributed by atoms with Crippen molar-refractivity contribution < 1.29 is 14.3 Å². The summed E-state index contributed by atoms with van der Waals surface area (Å²) >= 11 is 12.4. The summed E-state index contributed by atoms with van der Waals surface area (Å²) in [6.45, 7) is 3.36. The summed E-state index contributed by atoms with van der Waals surface area (Å²) in [7, 11) is 2.05. The number of nitrogens with zero attached hydrogens (tertiary/aromatic N) is 4. The fraction of sp³-hybridized carbons (Fsp3) is 0.448. The van der Waals surface area contributed by atoms with Gasteiger partial charge in [0.25, 0.3) is 5.56 Å². The number of ether oxygens (including phenoxy) is 1.